The van der Waals surface area contributed by atoms with Gasteiger partial charge in [-0.05, 0) is 49.6 Å². The highest BCUT2D eigenvalue weighted by atomic mass is 16.1. The Morgan fingerprint density at radius 2 is 1.92 bits per heavy atom. The number of hydrogen-bond donors (Lipinski definition) is 1. The quantitative estimate of drug-likeness (QED) is 0.909. The molecule has 0 aromatic heterocycles. The molecule has 1 aliphatic heterocycles. The summed E-state index contributed by atoms with van der Waals surface area (Å²) in [6.45, 7) is 7.03. The van der Waals surface area contributed by atoms with Crippen molar-refractivity contribution in [2.24, 2.45) is 0 Å². The number of hydrogen-bond acceptors (Lipinski definition) is 2. The SMILES string of the molecule is CCCN1CCc2ccccc2C1CNC(=O)c1ccc(C)cc1. The lowest BCUT2D eigenvalue weighted by atomic mass is 9.92. The van der Waals surface area contributed by atoms with Crippen LogP contribution in [0.3, 0.4) is 0 Å². The Hall–Kier alpha value is -2.13. The standard InChI is InChI=1S/C21H26N2O/c1-3-13-23-14-12-17-6-4-5-7-19(17)20(23)15-22-21(24)18-10-8-16(2)9-11-18/h4-11,20H,3,12-15H2,1-2H3,(H,22,24). The molecule has 2 aromatic rings. The molecule has 1 N–H and O–H groups in total. The van der Waals surface area contributed by atoms with Gasteiger partial charge < -0.3 is 5.32 Å². The molecule has 0 saturated heterocycles. The van der Waals surface area contributed by atoms with Crippen LogP contribution in [0.15, 0.2) is 48.5 Å². The summed E-state index contributed by atoms with van der Waals surface area (Å²) >= 11 is 0. The number of aryl methyl sites for hydroxylation is 1. The van der Waals surface area contributed by atoms with Crippen LogP contribution >= 0.6 is 0 Å². The Bertz CT molecular complexity index is 693. The lowest BCUT2D eigenvalue weighted by molar-refractivity contribution is 0.0929. The first-order chi connectivity index (χ1) is 11.7. The number of nitrogens with zero attached hydrogens (tertiary/aromatic N) is 1. The zero-order valence-corrected chi connectivity index (χ0v) is 14.6. The lowest BCUT2D eigenvalue weighted by Gasteiger charge is -2.37. The summed E-state index contributed by atoms with van der Waals surface area (Å²) in [4.78, 5) is 14.9. The fourth-order valence-electron chi connectivity index (χ4n) is 3.49. The maximum Gasteiger partial charge on any atom is 0.251 e. The fourth-order valence-corrected chi connectivity index (χ4v) is 3.49. The molecule has 1 heterocycles. The van der Waals surface area contributed by atoms with Crippen molar-refractivity contribution in [3.8, 4) is 0 Å². The first-order valence-corrected chi connectivity index (χ1v) is 8.85. The number of fused-ring (bicyclic) bond motifs is 1. The topological polar surface area (TPSA) is 32.3 Å². The van der Waals surface area contributed by atoms with Gasteiger partial charge in [-0.15, -0.1) is 0 Å². The molecule has 3 rings (SSSR count). The molecule has 126 valence electrons. The van der Waals surface area contributed by atoms with E-state index in [4.69, 9.17) is 0 Å². The van der Waals surface area contributed by atoms with Crippen LogP contribution in [0.5, 0.6) is 0 Å². The molecular weight excluding hydrogens is 296 g/mol. The van der Waals surface area contributed by atoms with Crippen molar-refractivity contribution in [3.05, 3.63) is 70.8 Å². The van der Waals surface area contributed by atoms with E-state index in [0.29, 0.717) is 6.54 Å². The second-order valence-corrected chi connectivity index (χ2v) is 6.58. The average Bonchev–Trinajstić information content (AvgIpc) is 2.61. The van der Waals surface area contributed by atoms with Crippen LogP contribution < -0.4 is 5.32 Å². The normalized spacial score (nSPS) is 17.3. The van der Waals surface area contributed by atoms with Gasteiger partial charge in [0, 0.05) is 18.7 Å². The predicted molar refractivity (Wildman–Crippen MR) is 98.3 cm³/mol. The zero-order chi connectivity index (χ0) is 16.9. The fraction of sp³-hybridized carbons (Fsp3) is 0.381. The number of rotatable bonds is 5. The summed E-state index contributed by atoms with van der Waals surface area (Å²) < 4.78 is 0. The van der Waals surface area contributed by atoms with Crippen molar-refractivity contribution >= 4 is 5.91 Å². The van der Waals surface area contributed by atoms with Crippen molar-refractivity contribution in [1.82, 2.24) is 10.2 Å². The van der Waals surface area contributed by atoms with Gasteiger partial charge in [0.1, 0.15) is 0 Å². The molecule has 0 saturated carbocycles. The second kappa shape index (κ2) is 7.63. The smallest absolute Gasteiger partial charge is 0.251 e. The minimum Gasteiger partial charge on any atom is -0.350 e. The van der Waals surface area contributed by atoms with E-state index in [9.17, 15) is 4.79 Å². The monoisotopic (exact) mass is 322 g/mol. The molecule has 1 unspecified atom stereocenters. The number of amides is 1. The highest BCUT2D eigenvalue weighted by Crippen LogP contribution is 2.29. The van der Waals surface area contributed by atoms with Gasteiger partial charge in [0.15, 0.2) is 0 Å². The molecule has 1 atom stereocenters. The molecule has 0 bridgehead atoms. The van der Waals surface area contributed by atoms with Crippen molar-refractivity contribution in [2.45, 2.75) is 32.7 Å². The minimum absolute atomic E-state index is 0.00880. The van der Waals surface area contributed by atoms with Crippen LogP contribution in [0, 0.1) is 6.92 Å². The first kappa shape index (κ1) is 16.7. The molecule has 0 aliphatic carbocycles. The number of nitrogens with one attached hydrogen (secondary N) is 1. The Morgan fingerprint density at radius 3 is 2.67 bits per heavy atom. The first-order valence-electron chi connectivity index (χ1n) is 8.85. The Morgan fingerprint density at radius 1 is 1.17 bits per heavy atom. The Labute approximate surface area is 144 Å². The van der Waals surface area contributed by atoms with Crippen LogP contribution in [-0.4, -0.2) is 30.4 Å². The highest BCUT2D eigenvalue weighted by Gasteiger charge is 2.26. The third-order valence-electron chi connectivity index (χ3n) is 4.80. The van der Waals surface area contributed by atoms with E-state index in [1.807, 2.05) is 31.2 Å². The molecule has 1 amide bonds. The molecule has 24 heavy (non-hydrogen) atoms. The van der Waals surface area contributed by atoms with Crippen molar-refractivity contribution in [3.63, 3.8) is 0 Å². The van der Waals surface area contributed by atoms with Crippen LogP contribution in [0.25, 0.3) is 0 Å². The van der Waals surface area contributed by atoms with E-state index in [1.54, 1.807) is 0 Å². The van der Waals surface area contributed by atoms with Gasteiger partial charge in [-0.1, -0.05) is 48.9 Å². The molecule has 0 fully saturated rings. The van der Waals surface area contributed by atoms with Gasteiger partial charge in [-0.2, -0.15) is 0 Å². The maximum atomic E-state index is 12.4. The third kappa shape index (κ3) is 3.68. The van der Waals surface area contributed by atoms with Gasteiger partial charge in [-0.25, -0.2) is 0 Å². The van der Waals surface area contributed by atoms with Gasteiger partial charge in [0.05, 0.1) is 6.04 Å². The van der Waals surface area contributed by atoms with Gasteiger partial charge >= 0.3 is 0 Å². The van der Waals surface area contributed by atoms with Crippen LogP contribution in [0.1, 0.15) is 46.4 Å². The van der Waals surface area contributed by atoms with Crippen molar-refractivity contribution in [2.75, 3.05) is 19.6 Å². The summed E-state index contributed by atoms with van der Waals surface area (Å²) in [7, 11) is 0. The van der Waals surface area contributed by atoms with Crippen LogP contribution in [-0.2, 0) is 6.42 Å². The van der Waals surface area contributed by atoms with Gasteiger partial charge in [-0.3, -0.25) is 9.69 Å². The van der Waals surface area contributed by atoms with E-state index >= 15 is 0 Å². The summed E-state index contributed by atoms with van der Waals surface area (Å²) in [5.74, 6) is 0.00880. The molecular formula is C21H26N2O. The Balaban J connectivity index is 1.73. The zero-order valence-electron chi connectivity index (χ0n) is 14.6. The minimum atomic E-state index is 0.00880. The maximum absolute atomic E-state index is 12.4. The highest BCUT2D eigenvalue weighted by molar-refractivity contribution is 5.94. The Kier molecular flexibility index (Phi) is 5.31. The van der Waals surface area contributed by atoms with Gasteiger partial charge in [0.25, 0.3) is 5.91 Å². The van der Waals surface area contributed by atoms with E-state index < -0.39 is 0 Å². The van der Waals surface area contributed by atoms with E-state index in [1.165, 1.54) is 16.7 Å². The van der Waals surface area contributed by atoms with E-state index in [0.717, 1.165) is 31.5 Å². The molecule has 1 aliphatic rings. The molecule has 3 heteroatoms. The second-order valence-electron chi connectivity index (χ2n) is 6.58. The summed E-state index contributed by atoms with van der Waals surface area (Å²) in [6.07, 6.45) is 2.23. The number of carbonyl (C=O) groups excluding carboxylic acids is 1. The summed E-state index contributed by atoms with van der Waals surface area (Å²) in [5, 5.41) is 3.14. The van der Waals surface area contributed by atoms with Crippen molar-refractivity contribution < 1.29 is 4.79 Å². The largest absolute Gasteiger partial charge is 0.350 e. The summed E-state index contributed by atoms with van der Waals surface area (Å²) in [6, 6.07) is 16.6. The van der Waals surface area contributed by atoms with Crippen LogP contribution in [0.2, 0.25) is 0 Å². The third-order valence-corrected chi connectivity index (χ3v) is 4.80. The lowest BCUT2D eigenvalue weighted by Crippen LogP contribution is -2.42. The number of carbonyl (C=O) groups is 1. The van der Waals surface area contributed by atoms with Gasteiger partial charge in [0.2, 0.25) is 0 Å². The van der Waals surface area contributed by atoms with Crippen LogP contribution in [0.4, 0.5) is 0 Å². The molecule has 3 nitrogen and oxygen atoms in total. The average molecular weight is 322 g/mol. The summed E-state index contributed by atoms with van der Waals surface area (Å²) in [5.41, 5.74) is 4.68. The number of benzene rings is 2. The molecule has 0 spiro atoms. The van der Waals surface area contributed by atoms with Crippen molar-refractivity contribution in [1.29, 1.82) is 0 Å². The molecule has 0 radical (unpaired) electrons. The van der Waals surface area contributed by atoms with E-state index in [-0.39, 0.29) is 11.9 Å². The molecule has 2 aromatic carbocycles. The predicted octanol–water partition coefficient (Wildman–Crippen LogP) is 3.73. The van der Waals surface area contributed by atoms with E-state index in [2.05, 4.69) is 41.4 Å².